The second kappa shape index (κ2) is 5.17. The maximum atomic E-state index is 9.67. The van der Waals surface area contributed by atoms with E-state index in [1.165, 1.54) is 0 Å². The lowest BCUT2D eigenvalue weighted by Crippen LogP contribution is -2.43. The third-order valence-electron chi connectivity index (χ3n) is 3.48. The van der Waals surface area contributed by atoms with Crippen LogP contribution in [0.3, 0.4) is 0 Å². The molecule has 0 radical (unpaired) electrons. The monoisotopic (exact) mass is 248 g/mol. The first-order valence-corrected chi connectivity index (χ1v) is 8.83. The average molecular weight is 248 g/mol. The van der Waals surface area contributed by atoms with Gasteiger partial charge in [0.2, 0.25) is 0 Å². The van der Waals surface area contributed by atoms with Crippen LogP contribution in [0.15, 0.2) is 0 Å². The highest BCUT2D eigenvalue weighted by Gasteiger charge is 2.37. The normalized spacial score (nSPS) is 16.3. The van der Waals surface area contributed by atoms with Crippen LogP contribution in [-0.4, -0.2) is 36.8 Å². The summed E-state index contributed by atoms with van der Waals surface area (Å²) >= 11 is 0. The topological polar surface area (TPSA) is 49.7 Å². The number of hydrogen-bond donors (Lipinski definition) is 2. The first-order chi connectivity index (χ1) is 6.88. The van der Waals surface area contributed by atoms with Crippen molar-refractivity contribution in [2.24, 2.45) is 0 Å². The minimum atomic E-state index is -1.72. The summed E-state index contributed by atoms with van der Waals surface area (Å²) in [5, 5.41) is 19.4. The van der Waals surface area contributed by atoms with E-state index in [4.69, 9.17) is 4.43 Å². The van der Waals surface area contributed by atoms with Crippen molar-refractivity contribution >= 4 is 8.32 Å². The van der Waals surface area contributed by atoms with E-state index in [0.717, 1.165) is 0 Å². The first kappa shape index (κ1) is 16.1. The maximum absolute atomic E-state index is 9.67. The lowest BCUT2D eigenvalue weighted by Gasteiger charge is -2.36. The van der Waals surface area contributed by atoms with Gasteiger partial charge in [-0.25, -0.2) is 0 Å². The van der Waals surface area contributed by atoms with Crippen LogP contribution in [-0.2, 0) is 4.43 Å². The van der Waals surface area contributed by atoms with Crippen LogP contribution < -0.4 is 0 Å². The molecular weight excluding hydrogens is 220 g/mol. The second-order valence-electron chi connectivity index (χ2n) is 6.57. The van der Waals surface area contributed by atoms with Gasteiger partial charge in [-0.1, -0.05) is 20.8 Å². The zero-order valence-corrected chi connectivity index (χ0v) is 12.8. The molecule has 0 amide bonds. The highest BCUT2D eigenvalue weighted by atomic mass is 28.4. The lowest BCUT2D eigenvalue weighted by atomic mass is 10.00. The summed E-state index contributed by atoms with van der Waals surface area (Å²) in [7, 11) is -1.72. The molecule has 0 heterocycles. The average Bonchev–Trinajstić information content (AvgIpc) is 1.99. The minimum Gasteiger partial charge on any atom is -0.417 e. The fourth-order valence-electron chi connectivity index (χ4n) is 0.995. The molecular formula is C12H28O3Si. The fourth-order valence-corrected chi connectivity index (χ4v) is 2.06. The smallest absolute Gasteiger partial charge is 0.191 e. The highest BCUT2D eigenvalue weighted by molar-refractivity contribution is 6.74. The Labute approximate surface area is 101 Å². The summed E-state index contributed by atoms with van der Waals surface area (Å²) in [5.74, 6) is 0. The van der Waals surface area contributed by atoms with Crippen LogP contribution in [0.5, 0.6) is 0 Å². The molecule has 0 bridgehead atoms. The fraction of sp³-hybridized carbons (Fsp3) is 1.00. The second-order valence-corrected chi connectivity index (χ2v) is 11.4. The molecule has 0 aromatic heterocycles. The van der Waals surface area contributed by atoms with Crippen LogP contribution in [0, 0.1) is 0 Å². The molecule has 0 rings (SSSR count). The Morgan fingerprint density at radius 1 is 1.12 bits per heavy atom. The van der Waals surface area contributed by atoms with Gasteiger partial charge < -0.3 is 14.6 Å². The van der Waals surface area contributed by atoms with Crippen molar-refractivity contribution in [1.82, 2.24) is 0 Å². The van der Waals surface area contributed by atoms with E-state index in [1.54, 1.807) is 13.8 Å². The first-order valence-electron chi connectivity index (χ1n) is 5.92. The van der Waals surface area contributed by atoms with Gasteiger partial charge in [0, 0.05) is 6.61 Å². The van der Waals surface area contributed by atoms with Gasteiger partial charge in [-0.3, -0.25) is 0 Å². The Morgan fingerprint density at radius 2 is 1.56 bits per heavy atom. The van der Waals surface area contributed by atoms with Gasteiger partial charge in [-0.15, -0.1) is 0 Å². The molecule has 16 heavy (non-hydrogen) atoms. The molecule has 0 aliphatic carbocycles. The van der Waals surface area contributed by atoms with Crippen molar-refractivity contribution in [2.45, 2.75) is 70.9 Å². The standard InChI is InChI=1S/C12H28O3Si/c1-11(2,3)16(6,7)15-9-8-10(13)12(4,5)14/h10,13-14H,8-9H2,1-7H3/t10-/m0/s1. The van der Waals surface area contributed by atoms with Crippen molar-refractivity contribution in [2.75, 3.05) is 6.61 Å². The van der Waals surface area contributed by atoms with Crippen LogP contribution in [0.4, 0.5) is 0 Å². The van der Waals surface area contributed by atoms with Crippen LogP contribution in [0.25, 0.3) is 0 Å². The molecule has 0 saturated heterocycles. The van der Waals surface area contributed by atoms with Gasteiger partial charge in [0.15, 0.2) is 8.32 Å². The zero-order valence-electron chi connectivity index (χ0n) is 11.8. The molecule has 0 aromatic rings. The maximum Gasteiger partial charge on any atom is 0.191 e. The van der Waals surface area contributed by atoms with Gasteiger partial charge >= 0.3 is 0 Å². The Balaban J connectivity index is 4.10. The third-order valence-corrected chi connectivity index (χ3v) is 8.01. The number of hydrogen-bond acceptors (Lipinski definition) is 3. The van der Waals surface area contributed by atoms with Crippen molar-refractivity contribution in [3.05, 3.63) is 0 Å². The van der Waals surface area contributed by atoms with Gasteiger partial charge in [-0.2, -0.15) is 0 Å². The Morgan fingerprint density at radius 3 is 1.88 bits per heavy atom. The van der Waals surface area contributed by atoms with E-state index in [2.05, 4.69) is 33.9 Å². The molecule has 0 saturated carbocycles. The summed E-state index contributed by atoms with van der Waals surface area (Å²) in [6, 6.07) is 0. The molecule has 4 heteroatoms. The number of aliphatic hydroxyl groups is 2. The molecule has 1 atom stereocenters. The molecule has 0 fully saturated rings. The van der Waals surface area contributed by atoms with Crippen molar-refractivity contribution in [1.29, 1.82) is 0 Å². The van der Waals surface area contributed by atoms with Crippen LogP contribution in [0.2, 0.25) is 18.1 Å². The third kappa shape index (κ3) is 4.95. The SMILES string of the molecule is CC(C)(O)[C@@H](O)CCO[Si](C)(C)C(C)(C)C. The van der Waals surface area contributed by atoms with Gasteiger partial charge in [0.05, 0.1) is 11.7 Å². The summed E-state index contributed by atoms with van der Waals surface area (Å²) in [6.07, 6.45) is -0.243. The quantitative estimate of drug-likeness (QED) is 0.735. The van der Waals surface area contributed by atoms with E-state index in [0.29, 0.717) is 13.0 Å². The molecule has 0 aliphatic heterocycles. The van der Waals surface area contributed by atoms with E-state index in [-0.39, 0.29) is 5.04 Å². The summed E-state index contributed by atoms with van der Waals surface area (Å²) < 4.78 is 5.93. The summed E-state index contributed by atoms with van der Waals surface area (Å²) in [4.78, 5) is 0. The van der Waals surface area contributed by atoms with Gasteiger partial charge in [-0.05, 0) is 38.4 Å². The lowest BCUT2D eigenvalue weighted by molar-refractivity contribution is -0.0562. The van der Waals surface area contributed by atoms with E-state index in [1.807, 2.05) is 0 Å². The van der Waals surface area contributed by atoms with Crippen molar-refractivity contribution < 1.29 is 14.6 Å². The van der Waals surface area contributed by atoms with Crippen LogP contribution in [0.1, 0.15) is 41.0 Å². The number of aliphatic hydroxyl groups excluding tert-OH is 1. The Bertz CT molecular complexity index is 213. The molecule has 2 N–H and O–H groups in total. The predicted molar refractivity (Wildman–Crippen MR) is 70.1 cm³/mol. The summed E-state index contributed by atoms with van der Waals surface area (Å²) in [6.45, 7) is 14.7. The Kier molecular flexibility index (Phi) is 5.20. The van der Waals surface area contributed by atoms with Crippen molar-refractivity contribution in [3.8, 4) is 0 Å². The van der Waals surface area contributed by atoms with Crippen molar-refractivity contribution in [3.63, 3.8) is 0 Å². The van der Waals surface area contributed by atoms with E-state index < -0.39 is 20.0 Å². The molecule has 0 unspecified atom stereocenters. The minimum absolute atomic E-state index is 0.187. The molecule has 0 aliphatic rings. The predicted octanol–water partition coefficient (Wildman–Crippen LogP) is 2.53. The van der Waals surface area contributed by atoms with E-state index >= 15 is 0 Å². The largest absolute Gasteiger partial charge is 0.417 e. The number of rotatable bonds is 5. The molecule has 0 aromatic carbocycles. The van der Waals surface area contributed by atoms with Crippen LogP contribution >= 0.6 is 0 Å². The van der Waals surface area contributed by atoms with Gasteiger partial charge in [0.1, 0.15) is 0 Å². The van der Waals surface area contributed by atoms with E-state index in [9.17, 15) is 10.2 Å². The van der Waals surface area contributed by atoms with Gasteiger partial charge in [0.25, 0.3) is 0 Å². The molecule has 3 nitrogen and oxygen atoms in total. The zero-order chi connectivity index (χ0) is 13.2. The highest BCUT2D eigenvalue weighted by Crippen LogP contribution is 2.36. The summed E-state index contributed by atoms with van der Waals surface area (Å²) in [5.41, 5.74) is -1.04. The molecule has 98 valence electrons. The Hall–Kier alpha value is 0.0969. The molecule has 0 spiro atoms.